The summed E-state index contributed by atoms with van der Waals surface area (Å²) in [5.41, 5.74) is 2.57. The van der Waals surface area contributed by atoms with Crippen LogP contribution in [0.25, 0.3) is 0 Å². The minimum absolute atomic E-state index is 0.0117. The van der Waals surface area contributed by atoms with Gasteiger partial charge in [0.2, 0.25) is 0 Å². The summed E-state index contributed by atoms with van der Waals surface area (Å²) in [6, 6.07) is 18.5. The molecular weight excluding hydrogens is 400 g/mol. The largest absolute Gasteiger partial charge is 0.493 e. The summed E-state index contributed by atoms with van der Waals surface area (Å²) >= 11 is 0. The molecule has 0 spiro atoms. The Bertz CT molecular complexity index is 1080. The molecule has 0 amide bonds. The van der Waals surface area contributed by atoms with Crippen molar-refractivity contribution in [3.8, 4) is 11.5 Å². The highest BCUT2D eigenvalue weighted by Gasteiger charge is 2.16. The molecule has 0 atom stereocenters. The summed E-state index contributed by atoms with van der Waals surface area (Å²) in [6.45, 7) is 0.807. The molecule has 8 heteroatoms. The lowest BCUT2D eigenvalue weighted by atomic mass is 10.1. The maximum absolute atomic E-state index is 11.5. The number of methoxy groups -OCH3 is 2. The second-order valence-electron chi connectivity index (χ2n) is 6.79. The summed E-state index contributed by atoms with van der Waals surface area (Å²) in [7, 11) is 3.12. The topological polar surface area (TPSA) is 102 Å². The van der Waals surface area contributed by atoms with Crippen molar-refractivity contribution in [2.24, 2.45) is 0 Å². The fourth-order valence-corrected chi connectivity index (χ4v) is 3.30. The average molecular weight is 422 g/mol. The number of hydrogen-bond donors (Lipinski definition) is 1. The third kappa shape index (κ3) is 5.11. The van der Waals surface area contributed by atoms with E-state index in [0.717, 1.165) is 11.1 Å². The van der Waals surface area contributed by atoms with Crippen molar-refractivity contribution in [2.45, 2.75) is 13.1 Å². The van der Waals surface area contributed by atoms with E-state index in [2.05, 4.69) is 0 Å². The first kappa shape index (κ1) is 21.6. The number of nitrogens with zero attached hydrogens (tertiary/aromatic N) is 2. The molecule has 0 aliphatic rings. The Labute approximate surface area is 179 Å². The SMILES string of the molecule is COc1cccc(CN(Cc2ccc([N+](=O)[O-])cc2)c2cccc(C(=O)O)c2)c1OC. The van der Waals surface area contributed by atoms with Crippen LogP contribution >= 0.6 is 0 Å². The number of carboxylic acid groups (broad SMARTS) is 1. The summed E-state index contributed by atoms with van der Waals surface area (Å²) < 4.78 is 10.9. The number of rotatable bonds is 9. The number of hydrogen-bond acceptors (Lipinski definition) is 6. The molecule has 0 unspecified atom stereocenters. The van der Waals surface area contributed by atoms with Gasteiger partial charge >= 0.3 is 5.97 Å². The molecule has 0 aliphatic carbocycles. The molecule has 0 radical (unpaired) electrons. The monoisotopic (exact) mass is 422 g/mol. The third-order valence-corrected chi connectivity index (χ3v) is 4.82. The van der Waals surface area contributed by atoms with Crippen LogP contribution in [0, 0.1) is 10.1 Å². The third-order valence-electron chi connectivity index (χ3n) is 4.82. The molecule has 31 heavy (non-hydrogen) atoms. The van der Waals surface area contributed by atoms with Crippen LogP contribution in [0.3, 0.4) is 0 Å². The number of anilines is 1. The average Bonchev–Trinajstić information content (AvgIpc) is 2.78. The lowest BCUT2D eigenvalue weighted by Crippen LogP contribution is -2.23. The van der Waals surface area contributed by atoms with Crippen molar-refractivity contribution in [1.29, 1.82) is 0 Å². The number of non-ortho nitro benzene ring substituents is 1. The predicted molar refractivity (Wildman–Crippen MR) is 116 cm³/mol. The van der Waals surface area contributed by atoms with E-state index < -0.39 is 10.9 Å². The van der Waals surface area contributed by atoms with Crippen molar-refractivity contribution in [1.82, 2.24) is 0 Å². The van der Waals surface area contributed by atoms with E-state index in [-0.39, 0.29) is 11.3 Å². The van der Waals surface area contributed by atoms with Gasteiger partial charge in [0.1, 0.15) is 0 Å². The Hall–Kier alpha value is -4.07. The van der Waals surface area contributed by atoms with Gasteiger partial charge in [0.25, 0.3) is 5.69 Å². The molecule has 3 aromatic rings. The lowest BCUT2D eigenvalue weighted by Gasteiger charge is -2.26. The number of nitro benzene ring substituents is 1. The van der Waals surface area contributed by atoms with E-state index in [4.69, 9.17) is 9.47 Å². The zero-order chi connectivity index (χ0) is 22.4. The predicted octanol–water partition coefficient (Wildman–Crippen LogP) is 4.52. The quantitative estimate of drug-likeness (QED) is 0.400. The zero-order valence-electron chi connectivity index (χ0n) is 17.1. The molecule has 0 aromatic heterocycles. The second kappa shape index (κ2) is 9.62. The Morgan fingerprint density at radius 1 is 1.00 bits per heavy atom. The van der Waals surface area contributed by atoms with Crippen molar-refractivity contribution >= 4 is 17.3 Å². The molecular formula is C23H22N2O6. The van der Waals surface area contributed by atoms with E-state index in [1.165, 1.54) is 18.2 Å². The molecule has 3 rings (SSSR count). The standard InChI is InChI=1S/C23H22N2O6/c1-30-21-8-4-6-18(22(21)31-2)15-24(20-7-3-5-17(13-20)23(26)27)14-16-9-11-19(12-10-16)25(28)29/h3-13H,14-15H2,1-2H3,(H,26,27). The van der Waals surface area contributed by atoms with E-state index in [1.54, 1.807) is 44.6 Å². The normalized spacial score (nSPS) is 10.4. The Kier molecular flexibility index (Phi) is 6.71. The molecule has 0 bridgehead atoms. The summed E-state index contributed by atoms with van der Waals surface area (Å²) in [4.78, 5) is 23.9. The van der Waals surface area contributed by atoms with Crippen LogP contribution in [0.1, 0.15) is 21.5 Å². The number of aromatic carboxylic acids is 1. The Morgan fingerprint density at radius 2 is 1.71 bits per heavy atom. The van der Waals surface area contributed by atoms with Gasteiger partial charge < -0.3 is 19.5 Å². The van der Waals surface area contributed by atoms with Crippen LogP contribution in [0.4, 0.5) is 11.4 Å². The zero-order valence-corrected chi connectivity index (χ0v) is 17.1. The molecule has 1 N–H and O–H groups in total. The molecule has 3 aromatic carbocycles. The molecule has 0 saturated heterocycles. The van der Waals surface area contributed by atoms with Gasteiger partial charge in [-0.15, -0.1) is 0 Å². The molecule has 0 heterocycles. The van der Waals surface area contributed by atoms with Crippen LogP contribution in [-0.4, -0.2) is 30.2 Å². The van der Waals surface area contributed by atoms with Crippen LogP contribution in [0.2, 0.25) is 0 Å². The van der Waals surface area contributed by atoms with Gasteiger partial charge in [0, 0.05) is 36.5 Å². The lowest BCUT2D eigenvalue weighted by molar-refractivity contribution is -0.384. The highest BCUT2D eigenvalue weighted by Crippen LogP contribution is 2.33. The fraction of sp³-hybridized carbons (Fsp3) is 0.174. The second-order valence-corrected chi connectivity index (χ2v) is 6.79. The van der Waals surface area contributed by atoms with Crippen molar-refractivity contribution < 1.29 is 24.3 Å². The molecule has 8 nitrogen and oxygen atoms in total. The number of nitro groups is 1. The van der Waals surface area contributed by atoms with Crippen molar-refractivity contribution in [3.63, 3.8) is 0 Å². The van der Waals surface area contributed by atoms with Gasteiger partial charge in [-0.25, -0.2) is 4.79 Å². The van der Waals surface area contributed by atoms with E-state index >= 15 is 0 Å². The number of ether oxygens (including phenoxy) is 2. The van der Waals surface area contributed by atoms with Gasteiger partial charge in [-0.2, -0.15) is 0 Å². The van der Waals surface area contributed by atoms with Gasteiger partial charge in [-0.3, -0.25) is 10.1 Å². The molecule has 0 aliphatic heterocycles. The summed E-state index contributed by atoms with van der Waals surface area (Å²) in [5.74, 6) is 0.166. The van der Waals surface area contributed by atoms with E-state index in [0.29, 0.717) is 30.3 Å². The van der Waals surface area contributed by atoms with Crippen LogP contribution in [-0.2, 0) is 13.1 Å². The molecule has 160 valence electrons. The van der Waals surface area contributed by atoms with Gasteiger partial charge in [-0.05, 0) is 29.8 Å². The van der Waals surface area contributed by atoms with Gasteiger partial charge in [0.15, 0.2) is 11.5 Å². The number of para-hydroxylation sites is 1. The minimum Gasteiger partial charge on any atom is -0.493 e. The Morgan fingerprint density at radius 3 is 2.32 bits per heavy atom. The van der Waals surface area contributed by atoms with Crippen molar-refractivity contribution in [2.75, 3.05) is 19.1 Å². The van der Waals surface area contributed by atoms with Crippen LogP contribution in [0.15, 0.2) is 66.7 Å². The maximum Gasteiger partial charge on any atom is 0.335 e. The summed E-state index contributed by atoms with van der Waals surface area (Å²) in [6.07, 6.45) is 0. The first-order chi connectivity index (χ1) is 14.9. The summed E-state index contributed by atoms with van der Waals surface area (Å²) in [5, 5.41) is 20.3. The smallest absolute Gasteiger partial charge is 0.335 e. The van der Waals surface area contributed by atoms with Crippen molar-refractivity contribution in [3.05, 3.63) is 93.5 Å². The first-order valence-corrected chi connectivity index (χ1v) is 9.44. The van der Waals surface area contributed by atoms with E-state index in [9.17, 15) is 20.0 Å². The maximum atomic E-state index is 11.5. The van der Waals surface area contributed by atoms with Gasteiger partial charge in [0.05, 0.1) is 24.7 Å². The highest BCUT2D eigenvalue weighted by molar-refractivity contribution is 5.88. The number of carbonyl (C=O) groups is 1. The molecule has 0 saturated carbocycles. The van der Waals surface area contributed by atoms with Crippen LogP contribution in [0.5, 0.6) is 11.5 Å². The Balaban J connectivity index is 1.99. The first-order valence-electron chi connectivity index (χ1n) is 9.44. The molecule has 0 fully saturated rings. The fourth-order valence-electron chi connectivity index (χ4n) is 3.30. The number of benzene rings is 3. The van der Waals surface area contributed by atoms with E-state index in [1.807, 2.05) is 23.1 Å². The van der Waals surface area contributed by atoms with Gasteiger partial charge in [-0.1, -0.05) is 30.3 Å². The van der Waals surface area contributed by atoms with Crippen LogP contribution < -0.4 is 14.4 Å². The highest BCUT2D eigenvalue weighted by atomic mass is 16.6. The minimum atomic E-state index is -1.02. The number of carboxylic acids is 1.